The molecule has 0 spiro atoms. The number of imidazole rings is 1. The molecule has 0 radical (unpaired) electrons. The van der Waals surface area contributed by atoms with Crippen LogP contribution >= 0.6 is 0 Å². The molecule has 23 heavy (non-hydrogen) atoms. The molecule has 2 aromatic rings. The summed E-state index contributed by atoms with van der Waals surface area (Å²) in [6.45, 7) is 0.620. The lowest BCUT2D eigenvalue weighted by Gasteiger charge is -2.24. The van der Waals surface area contributed by atoms with E-state index in [0.29, 0.717) is 18.6 Å². The number of carbonyl (C=O) groups is 1. The molecular weight excluding hydrogens is 288 g/mol. The maximum Gasteiger partial charge on any atom is 0.317 e. The van der Waals surface area contributed by atoms with E-state index < -0.39 is 0 Å². The highest BCUT2D eigenvalue weighted by molar-refractivity contribution is 5.76. The number of aromatic nitrogens is 2. The normalized spacial score (nSPS) is 21.7. The summed E-state index contributed by atoms with van der Waals surface area (Å²) in [5.41, 5.74) is 3.64. The van der Waals surface area contributed by atoms with Crippen LogP contribution in [-0.4, -0.2) is 39.1 Å². The maximum atomic E-state index is 12.6. The third-order valence-electron chi connectivity index (χ3n) is 5.16. The molecule has 1 aromatic carbocycles. The molecule has 0 saturated heterocycles. The molecule has 5 heteroatoms. The van der Waals surface area contributed by atoms with E-state index in [0.717, 1.165) is 5.69 Å². The lowest BCUT2D eigenvalue weighted by molar-refractivity contribution is 0.190. The number of benzene rings is 1. The quantitative estimate of drug-likeness (QED) is 0.944. The van der Waals surface area contributed by atoms with Crippen molar-refractivity contribution in [2.75, 3.05) is 6.54 Å². The molecule has 2 heterocycles. The van der Waals surface area contributed by atoms with E-state index in [9.17, 15) is 4.79 Å². The Bertz CT molecular complexity index is 748. The molecular formula is C18H20N4O. The Morgan fingerprint density at radius 2 is 1.96 bits per heavy atom. The van der Waals surface area contributed by atoms with E-state index in [1.54, 1.807) is 0 Å². The van der Waals surface area contributed by atoms with Crippen molar-refractivity contribution < 1.29 is 4.79 Å². The number of nitrogens with zero attached hydrogens (tertiary/aromatic N) is 3. The van der Waals surface area contributed by atoms with Gasteiger partial charge < -0.3 is 14.8 Å². The number of hydrogen-bond donors (Lipinski definition) is 1. The van der Waals surface area contributed by atoms with Crippen LogP contribution in [0.2, 0.25) is 0 Å². The smallest absolute Gasteiger partial charge is 0.317 e. The van der Waals surface area contributed by atoms with Crippen LogP contribution in [0, 0.1) is 0 Å². The molecule has 0 unspecified atom stereocenters. The van der Waals surface area contributed by atoms with Crippen LogP contribution in [-0.2, 0) is 0 Å². The molecule has 118 valence electrons. The molecule has 2 amide bonds. The molecule has 3 aliphatic rings. The van der Waals surface area contributed by atoms with Crippen LogP contribution in [0.4, 0.5) is 4.79 Å². The summed E-state index contributed by atoms with van der Waals surface area (Å²) in [7, 11) is 0. The summed E-state index contributed by atoms with van der Waals surface area (Å²) >= 11 is 0. The van der Waals surface area contributed by atoms with Crippen LogP contribution in [0.15, 0.2) is 36.8 Å². The van der Waals surface area contributed by atoms with E-state index in [1.807, 2.05) is 12.5 Å². The lowest BCUT2D eigenvalue weighted by Crippen LogP contribution is -2.44. The number of hydrogen-bond acceptors (Lipinski definition) is 2. The van der Waals surface area contributed by atoms with Crippen LogP contribution in [0.3, 0.4) is 0 Å². The zero-order valence-electron chi connectivity index (χ0n) is 13.0. The summed E-state index contributed by atoms with van der Waals surface area (Å²) < 4.78 is 2.17. The second-order valence-electron chi connectivity index (χ2n) is 6.84. The van der Waals surface area contributed by atoms with Crippen molar-refractivity contribution in [2.24, 2.45) is 0 Å². The van der Waals surface area contributed by atoms with E-state index in [2.05, 4.69) is 44.0 Å². The highest BCUT2D eigenvalue weighted by Crippen LogP contribution is 2.39. The van der Waals surface area contributed by atoms with Crippen molar-refractivity contribution in [2.45, 2.75) is 43.8 Å². The van der Waals surface area contributed by atoms with Gasteiger partial charge in [0.1, 0.15) is 0 Å². The van der Waals surface area contributed by atoms with Gasteiger partial charge in [0, 0.05) is 24.2 Å². The van der Waals surface area contributed by atoms with Gasteiger partial charge in [0.15, 0.2) is 0 Å². The molecule has 5 rings (SSSR count). The second-order valence-corrected chi connectivity index (χ2v) is 6.84. The largest absolute Gasteiger partial charge is 0.336 e. The fraction of sp³-hybridized carbons (Fsp3) is 0.444. The molecule has 1 aliphatic heterocycles. The predicted octanol–water partition coefficient (Wildman–Crippen LogP) is 2.79. The van der Waals surface area contributed by atoms with Crippen LogP contribution in [0.5, 0.6) is 0 Å². The van der Waals surface area contributed by atoms with Gasteiger partial charge in [0.2, 0.25) is 0 Å². The van der Waals surface area contributed by atoms with Gasteiger partial charge in [-0.2, -0.15) is 0 Å². The molecule has 0 bridgehead atoms. The van der Waals surface area contributed by atoms with Gasteiger partial charge in [-0.05, 0) is 31.2 Å². The first-order valence-electron chi connectivity index (χ1n) is 8.50. The SMILES string of the molecule is O=C(NC[C@@H]1c2ccccc2-c2cncn21)N(C1CC1)C1CC1. The summed E-state index contributed by atoms with van der Waals surface area (Å²) in [5, 5.41) is 3.18. The monoisotopic (exact) mass is 308 g/mol. The number of amides is 2. The summed E-state index contributed by atoms with van der Waals surface area (Å²) in [6, 6.07) is 9.63. The number of urea groups is 1. The van der Waals surface area contributed by atoms with E-state index in [-0.39, 0.29) is 12.1 Å². The van der Waals surface area contributed by atoms with Crippen molar-refractivity contribution >= 4 is 6.03 Å². The summed E-state index contributed by atoms with van der Waals surface area (Å²) in [4.78, 5) is 19.0. The molecule has 5 nitrogen and oxygen atoms in total. The maximum absolute atomic E-state index is 12.6. The first-order valence-corrected chi connectivity index (χ1v) is 8.50. The van der Waals surface area contributed by atoms with Gasteiger partial charge in [0.25, 0.3) is 0 Å². The van der Waals surface area contributed by atoms with Gasteiger partial charge >= 0.3 is 6.03 Å². The Balaban J connectivity index is 1.35. The molecule has 2 saturated carbocycles. The minimum atomic E-state index is 0.112. The van der Waals surface area contributed by atoms with Crippen molar-refractivity contribution in [3.63, 3.8) is 0 Å². The average molecular weight is 308 g/mol. The fourth-order valence-electron chi connectivity index (χ4n) is 3.75. The van der Waals surface area contributed by atoms with E-state index in [1.165, 1.54) is 36.8 Å². The molecule has 1 N–H and O–H groups in total. The third kappa shape index (κ3) is 2.14. The Hall–Kier alpha value is -2.30. The Labute approximate surface area is 135 Å². The van der Waals surface area contributed by atoms with Crippen LogP contribution in [0.25, 0.3) is 11.3 Å². The third-order valence-corrected chi connectivity index (χ3v) is 5.16. The average Bonchev–Trinajstić information content (AvgIpc) is 3.49. The first kappa shape index (κ1) is 13.2. The number of carbonyl (C=O) groups excluding carboxylic acids is 1. The van der Waals surface area contributed by atoms with Crippen molar-refractivity contribution in [3.8, 4) is 11.3 Å². The zero-order valence-corrected chi connectivity index (χ0v) is 13.0. The van der Waals surface area contributed by atoms with Crippen LogP contribution < -0.4 is 5.32 Å². The van der Waals surface area contributed by atoms with Crippen molar-refractivity contribution in [3.05, 3.63) is 42.4 Å². The summed E-state index contributed by atoms with van der Waals surface area (Å²) in [6.07, 6.45) is 8.44. The lowest BCUT2D eigenvalue weighted by atomic mass is 10.0. The van der Waals surface area contributed by atoms with Gasteiger partial charge in [-0.3, -0.25) is 0 Å². The predicted molar refractivity (Wildman–Crippen MR) is 87.1 cm³/mol. The first-order chi connectivity index (χ1) is 11.3. The van der Waals surface area contributed by atoms with Crippen LogP contribution in [0.1, 0.15) is 37.3 Å². The minimum Gasteiger partial charge on any atom is -0.336 e. The Morgan fingerprint density at radius 1 is 1.22 bits per heavy atom. The highest BCUT2D eigenvalue weighted by atomic mass is 16.2. The molecule has 1 atom stereocenters. The molecule has 2 fully saturated rings. The minimum absolute atomic E-state index is 0.112. The van der Waals surface area contributed by atoms with Gasteiger partial charge in [-0.15, -0.1) is 0 Å². The van der Waals surface area contributed by atoms with Crippen molar-refractivity contribution in [1.82, 2.24) is 19.8 Å². The van der Waals surface area contributed by atoms with Gasteiger partial charge in [-0.25, -0.2) is 9.78 Å². The van der Waals surface area contributed by atoms with E-state index >= 15 is 0 Å². The summed E-state index contributed by atoms with van der Waals surface area (Å²) in [5.74, 6) is 0. The van der Waals surface area contributed by atoms with Gasteiger partial charge in [0.05, 0.1) is 24.3 Å². The van der Waals surface area contributed by atoms with Gasteiger partial charge in [-0.1, -0.05) is 24.3 Å². The second kappa shape index (κ2) is 4.85. The highest BCUT2D eigenvalue weighted by Gasteiger charge is 2.42. The van der Waals surface area contributed by atoms with Crippen molar-refractivity contribution in [1.29, 1.82) is 0 Å². The fourth-order valence-corrected chi connectivity index (χ4v) is 3.75. The Morgan fingerprint density at radius 3 is 2.70 bits per heavy atom. The standard InChI is InChI=1S/C18H20N4O/c23-18(22(12-5-6-12)13-7-8-13)20-10-17-15-4-2-1-3-14(15)16-9-19-11-21(16)17/h1-4,9,11-13,17H,5-8,10H2,(H,20,23)/t17-/m1/s1. The molecule has 1 aromatic heterocycles. The zero-order chi connectivity index (χ0) is 15.4. The Kier molecular flexibility index (Phi) is 2.77. The molecule has 2 aliphatic carbocycles. The topological polar surface area (TPSA) is 50.2 Å². The van der Waals surface area contributed by atoms with E-state index in [4.69, 9.17) is 0 Å². The number of rotatable bonds is 4. The number of fused-ring (bicyclic) bond motifs is 3. The number of nitrogens with one attached hydrogen (secondary N) is 1.